The van der Waals surface area contributed by atoms with Crippen molar-refractivity contribution in [2.75, 3.05) is 54.6 Å². The summed E-state index contributed by atoms with van der Waals surface area (Å²) in [5.41, 5.74) is -0.533. The van der Waals surface area contributed by atoms with Crippen molar-refractivity contribution in [3.8, 4) is 34.5 Å². The lowest BCUT2D eigenvalue weighted by atomic mass is 9.97. The fourth-order valence-corrected chi connectivity index (χ4v) is 6.90. The quantitative estimate of drug-likeness (QED) is 0.0669. The maximum absolute atomic E-state index is 13.8. The summed E-state index contributed by atoms with van der Waals surface area (Å²) < 4.78 is 129. The lowest BCUT2D eigenvalue weighted by Crippen LogP contribution is -2.46. The number of fused-ring (bicyclic) bond motifs is 2. The van der Waals surface area contributed by atoms with Crippen molar-refractivity contribution in [3.63, 3.8) is 0 Å². The lowest BCUT2D eigenvalue weighted by molar-refractivity contribution is -0.199. The fourth-order valence-electron chi connectivity index (χ4n) is 6.90. The molecule has 2 atom stereocenters. The molecule has 0 aliphatic carbocycles. The molecule has 2 aliphatic rings. The molecule has 0 aromatic heterocycles. The molecule has 0 amide bonds. The maximum Gasteiger partial charge on any atom is 0.416 e. The Labute approximate surface area is 340 Å². The number of alkyl halides is 6. The van der Waals surface area contributed by atoms with Gasteiger partial charge in [-0.15, -0.1) is 0 Å². The molecule has 0 spiro atoms. The van der Waals surface area contributed by atoms with E-state index < -0.39 is 47.0 Å². The van der Waals surface area contributed by atoms with Gasteiger partial charge < -0.3 is 48.5 Å². The Morgan fingerprint density at radius 1 is 0.567 bits per heavy atom. The van der Waals surface area contributed by atoms with Crippen molar-refractivity contribution in [3.05, 3.63) is 118 Å². The van der Waals surface area contributed by atoms with Gasteiger partial charge in [-0.1, -0.05) is 12.1 Å². The Morgan fingerprint density at radius 3 is 1.28 bits per heavy atom. The third-order valence-electron chi connectivity index (χ3n) is 9.67. The van der Waals surface area contributed by atoms with Crippen LogP contribution >= 0.6 is 0 Å². The van der Waals surface area contributed by atoms with E-state index in [1.54, 1.807) is 12.1 Å². The van der Waals surface area contributed by atoms with E-state index in [4.69, 9.17) is 37.9 Å². The predicted octanol–water partition coefficient (Wildman–Crippen LogP) is 6.86. The van der Waals surface area contributed by atoms with Crippen molar-refractivity contribution < 1.29 is 73.8 Å². The number of methoxy groups -OCH3 is 4. The van der Waals surface area contributed by atoms with Gasteiger partial charge in [-0.05, 0) is 97.7 Å². The van der Waals surface area contributed by atoms with Crippen molar-refractivity contribution in [2.45, 2.75) is 36.8 Å². The first kappa shape index (κ1) is 43.4. The molecule has 2 N–H and O–H groups in total. The number of carbonyl (C=O) groups excluding carboxylic acids is 2. The van der Waals surface area contributed by atoms with E-state index in [0.29, 0.717) is 60.7 Å². The van der Waals surface area contributed by atoms with Crippen LogP contribution in [0.4, 0.5) is 26.3 Å². The zero-order chi connectivity index (χ0) is 43.3. The molecular weight excluding hydrogens is 806 g/mol. The van der Waals surface area contributed by atoms with E-state index in [0.717, 1.165) is 36.4 Å². The molecule has 0 bridgehead atoms. The molecule has 2 aliphatic heterocycles. The van der Waals surface area contributed by atoms with Crippen LogP contribution in [0.15, 0.2) is 84.9 Å². The molecule has 18 heteroatoms. The first-order valence-electron chi connectivity index (χ1n) is 18.3. The summed E-state index contributed by atoms with van der Waals surface area (Å²) in [6.45, 7) is 0.126. The summed E-state index contributed by atoms with van der Waals surface area (Å²) in [7, 11) is 5.57. The smallest absolute Gasteiger partial charge is 0.416 e. The Kier molecular flexibility index (Phi) is 12.7. The van der Waals surface area contributed by atoms with Crippen LogP contribution in [0.3, 0.4) is 0 Å². The topological polar surface area (TPSA) is 132 Å². The summed E-state index contributed by atoms with van der Waals surface area (Å²) in [5, 5.41) is 6.18. The van der Waals surface area contributed by atoms with E-state index in [2.05, 4.69) is 10.6 Å². The molecule has 320 valence electrons. The van der Waals surface area contributed by atoms with Crippen molar-refractivity contribution in [2.24, 2.45) is 0 Å². The van der Waals surface area contributed by atoms with Crippen LogP contribution in [0.2, 0.25) is 0 Å². The first-order valence-corrected chi connectivity index (χ1v) is 18.3. The molecular formula is C42H40F6N2O10. The van der Waals surface area contributed by atoms with Gasteiger partial charge in [0.1, 0.15) is 11.5 Å². The molecule has 6 rings (SSSR count). The normalized spacial score (nSPS) is 19.2. The summed E-state index contributed by atoms with van der Waals surface area (Å²) >= 11 is 0. The summed E-state index contributed by atoms with van der Waals surface area (Å²) in [4.78, 5) is 27.6. The van der Waals surface area contributed by atoms with Crippen LogP contribution in [0.1, 0.15) is 33.4 Å². The monoisotopic (exact) mass is 846 g/mol. The number of esters is 2. The number of benzene rings is 4. The number of carbonyl (C=O) groups is 2. The molecule has 0 fully saturated rings. The minimum absolute atomic E-state index is 0.197. The van der Waals surface area contributed by atoms with Gasteiger partial charge in [0, 0.05) is 23.3 Å². The standard InChI is InChI=1S/C42H40F6N2O10/c1-53-33-17-25-13-15-49-23-39(31(25)21-35(33)55-3,57-29-9-5-7-27(19-29)41(43,44)45)59-37(51)11-12-38(52)60-40(58-30-10-6-8-28(20-30)42(46,47)48)24-50-16-14-26-18-34(54-2)36(56-4)22-32(26)40/h5-12,17-22,49-50H,13-16,23-24H2,1-4H3/b12-11-. The number of hydrogen-bond acceptors (Lipinski definition) is 12. The Balaban J connectivity index is 1.38. The second-order valence-electron chi connectivity index (χ2n) is 13.5. The van der Waals surface area contributed by atoms with Crippen LogP contribution in [0.5, 0.6) is 34.5 Å². The maximum atomic E-state index is 13.8. The van der Waals surface area contributed by atoms with Crippen LogP contribution in [0, 0.1) is 0 Å². The highest BCUT2D eigenvalue weighted by atomic mass is 19.4. The minimum atomic E-state index is -4.73. The number of rotatable bonds is 12. The zero-order valence-corrected chi connectivity index (χ0v) is 32.7. The number of hydrogen-bond donors (Lipinski definition) is 2. The van der Waals surface area contributed by atoms with Crippen molar-refractivity contribution >= 4 is 11.9 Å². The zero-order valence-electron chi connectivity index (χ0n) is 32.7. The van der Waals surface area contributed by atoms with Gasteiger partial charge in [0.25, 0.3) is 11.6 Å². The molecule has 4 aromatic carbocycles. The van der Waals surface area contributed by atoms with Gasteiger partial charge in [-0.25, -0.2) is 9.59 Å². The van der Waals surface area contributed by atoms with Gasteiger partial charge in [-0.2, -0.15) is 26.3 Å². The Bertz CT molecular complexity index is 2090. The predicted molar refractivity (Wildman–Crippen MR) is 201 cm³/mol. The average molecular weight is 847 g/mol. The van der Waals surface area contributed by atoms with Crippen LogP contribution in [0.25, 0.3) is 0 Å². The van der Waals surface area contributed by atoms with Crippen LogP contribution < -0.4 is 39.1 Å². The minimum Gasteiger partial charge on any atom is -0.493 e. The Hall–Kier alpha value is -6.14. The second kappa shape index (κ2) is 17.6. The molecule has 2 heterocycles. The van der Waals surface area contributed by atoms with Gasteiger partial charge in [0.2, 0.25) is 0 Å². The van der Waals surface area contributed by atoms with E-state index >= 15 is 0 Å². The SMILES string of the molecule is COc1cc2c(cc1OC)C(OC(=O)/C=C\C(=O)OC1(Oc3cccc(C(F)(F)F)c3)CNCCc3cc(OC)c(OC)cc31)(Oc1cccc(C(F)(F)F)c1)CNCC2. The van der Waals surface area contributed by atoms with Crippen molar-refractivity contribution in [1.82, 2.24) is 10.6 Å². The average Bonchev–Trinajstić information content (AvgIpc) is 3.49. The fraction of sp³-hybridized carbons (Fsp3) is 0.333. The van der Waals surface area contributed by atoms with E-state index in [1.165, 1.54) is 52.7 Å². The highest BCUT2D eigenvalue weighted by Gasteiger charge is 2.45. The van der Waals surface area contributed by atoms with Crippen LogP contribution in [-0.4, -0.2) is 66.6 Å². The summed E-state index contributed by atoms with van der Waals surface area (Å²) in [5.74, 6) is -6.23. The van der Waals surface area contributed by atoms with Crippen LogP contribution in [-0.2, 0) is 55.8 Å². The largest absolute Gasteiger partial charge is 0.493 e. The molecule has 2 unspecified atom stereocenters. The number of halogens is 6. The van der Waals surface area contributed by atoms with Gasteiger partial charge >= 0.3 is 24.3 Å². The molecule has 0 saturated carbocycles. The third-order valence-corrected chi connectivity index (χ3v) is 9.67. The highest BCUT2D eigenvalue weighted by Crippen LogP contribution is 2.43. The Morgan fingerprint density at radius 2 is 0.933 bits per heavy atom. The summed E-state index contributed by atoms with van der Waals surface area (Å²) in [6, 6.07) is 14.2. The highest BCUT2D eigenvalue weighted by molar-refractivity contribution is 5.92. The van der Waals surface area contributed by atoms with E-state index in [9.17, 15) is 35.9 Å². The second-order valence-corrected chi connectivity index (χ2v) is 13.5. The van der Waals surface area contributed by atoms with Gasteiger partial charge in [-0.3, -0.25) is 0 Å². The molecule has 0 saturated heterocycles. The summed E-state index contributed by atoms with van der Waals surface area (Å²) in [6.07, 6.45) is -7.33. The lowest BCUT2D eigenvalue weighted by Gasteiger charge is -2.35. The molecule has 12 nitrogen and oxygen atoms in total. The first-order chi connectivity index (χ1) is 28.5. The van der Waals surface area contributed by atoms with Gasteiger partial charge in [0.05, 0.1) is 52.7 Å². The number of ether oxygens (including phenoxy) is 8. The number of nitrogens with one attached hydrogen (secondary N) is 2. The molecule has 0 radical (unpaired) electrons. The molecule has 4 aromatic rings. The third kappa shape index (κ3) is 9.50. The van der Waals surface area contributed by atoms with E-state index in [1.807, 2.05) is 0 Å². The molecule has 60 heavy (non-hydrogen) atoms. The van der Waals surface area contributed by atoms with Gasteiger partial charge in [0.15, 0.2) is 23.0 Å². The van der Waals surface area contributed by atoms with E-state index in [-0.39, 0.29) is 47.2 Å². The van der Waals surface area contributed by atoms with Crippen molar-refractivity contribution in [1.29, 1.82) is 0 Å².